The van der Waals surface area contributed by atoms with Crippen molar-refractivity contribution in [3.05, 3.63) is 11.0 Å². The van der Waals surface area contributed by atoms with Crippen molar-refractivity contribution < 1.29 is 4.55 Å². The number of nitrogens with zero attached hydrogens (tertiary/aromatic N) is 1. The summed E-state index contributed by atoms with van der Waals surface area (Å²) in [6.07, 6.45) is 2.13. The molecule has 0 aromatic carbocycles. The van der Waals surface area contributed by atoms with E-state index in [9.17, 15) is 4.55 Å². The molecule has 0 fully saturated rings. The molecule has 86 valence electrons. The summed E-state index contributed by atoms with van der Waals surface area (Å²) in [6.45, 7) is 7.73. The Labute approximate surface area is 107 Å². The van der Waals surface area contributed by atoms with E-state index in [4.69, 9.17) is 0 Å². The summed E-state index contributed by atoms with van der Waals surface area (Å²) < 4.78 is 15.8. The van der Waals surface area contributed by atoms with E-state index in [1.807, 2.05) is 27.7 Å². The number of hydrogen-bond acceptors (Lipinski definition) is 3. The van der Waals surface area contributed by atoms with Gasteiger partial charge in [-0.2, -0.15) is 0 Å². The van der Waals surface area contributed by atoms with Gasteiger partial charge in [0.2, 0.25) is 0 Å². The first-order chi connectivity index (χ1) is 6.80. The molecular formula is C10H16BrNOS2. The molecule has 0 radical (unpaired) electrons. The van der Waals surface area contributed by atoms with Crippen LogP contribution < -0.4 is 0 Å². The van der Waals surface area contributed by atoms with Crippen molar-refractivity contribution in [1.29, 1.82) is 0 Å². The molecule has 0 aliphatic carbocycles. The second kappa shape index (κ2) is 5.25. The van der Waals surface area contributed by atoms with E-state index in [0.29, 0.717) is 4.83 Å². The highest BCUT2D eigenvalue weighted by Crippen LogP contribution is 2.31. The van der Waals surface area contributed by atoms with E-state index in [1.165, 1.54) is 0 Å². The summed E-state index contributed by atoms with van der Waals surface area (Å²) in [5.74, 6) is 1.03. The molecular weight excluding hydrogens is 294 g/mol. The normalized spacial score (nSPS) is 25.3. The van der Waals surface area contributed by atoms with Crippen LogP contribution in [0.5, 0.6) is 0 Å². The van der Waals surface area contributed by atoms with Crippen LogP contribution in [0.2, 0.25) is 0 Å². The topological polar surface area (TPSA) is 35.4 Å². The SMILES string of the molecule is CC(=N[S+]([O-])C(C)(C)C)C1=CC(Br)CS1. The highest BCUT2D eigenvalue weighted by molar-refractivity contribution is 9.09. The van der Waals surface area contributed by atoms with E-state index in [2.05, 4.69) is 26.4 Å². The fraction of sp³-hybridized carbons (Fsp3) is 0.700. The minimum atomic E-state index is -1.16. The smallest absolute Gasteiger partial charge is 0.144 e. The van der Waals surface area contributed by atoms with E-state index in [-0.39, 0.29) is 4.75 Å². The predicted molar refractivity (Wildman–Crippen MR) is 74.3 cm³/mol. The fourth-order valence-electron chi connectivity index (χ4n) is 0.961. The Bertz CT molecular complexity index is 296. The van der Waals surface area contributed by atoms with Gasteiger partial charge >= 0.3 is 0 Å². The van der Waals surface area contributed by atoms with Gasteiger partial charge in [0, 0.05) is 15.5 Å². The van der Waals surface area contributed by atoms with Gasteiger partial charge in [0.05, 0.1) is 0 Å². The van der Waals surface area contributed by atoms with Crippen molar-refractivity contribution >= 4 is 44.8 Å². The van der Waals surface area contributed by atoms with E-state index in [1.54, 1.807) is 11.8 Å². The first-order valence-electron chi connectivity index (χ1n) is 4.77. The highest BCUT2D eigenvalue weighted by atomic mass is 79.9. The Hall–Kier alpha value is 0.550. The Morgan fingerprint density at radius 3 is 2.67 bits per heavy atom. The zero-order valence-electron chi connectivity index (χ0n) is 9.41. The van der Waals surface area contributed by atoms with Crippen LogP contribution in [0.15, 0.2) is 15.4 Å². The molecule has 5 heteroatoms. The number of hydrogen-bond donors (Lipinski definition) is 0. The van der Waals surface area contributed by atoms with Gasteiger partial charge in [0.1, 0.15) is 21.8 Å². The number of allylic oxidation sites excluding steroid dienone is 2. The lowest BCUT2D eigenvalue weighted by Crippen LogP contribution is -2.26. The van der Waals surface area contributed by atoms with Crippen LogP contribution in [0.1, 0.15) is 27.7 Å². The summed E-state index contributed by atoms with van der Waals surface area (Å²) in [5, 5.41) is 0. The lowest BCUT2D eigenvalue weighted by Gasteiger charge is -2.18. The quantitative estimate of drug-likeness (QED) is 0.446. The average Bonchev–Trinajstić information content (AvgIpc) is 2.50. The number of alkyl halides is 1. The lowest BCUT2D eigenvalue weighted by atomic mass is 10.3. The largest absolute Gasteiger partial charge is 0.591 e. The molecule has 1 heterocycles. The van der Waals surface area contributed by atoms with Crippen LogP contribution in [0.3, 0.4) is 0 Å². The zero-order chi connectivity index (χ0) is 11.6. The lowest BCUT2D eigenvalue weighted by molar-refractivity contribution is 0.561. The van der Waals surface area contributed by atoms with Crippen LogP contribution in [-0.2, 0) is 11.4 Å². The van der Waals surface area contributed by atoms with Gasteiger partial charge in [-0.15, -0.1) is 11.8 Å². The predicted octanol–water partition coefficient (Wildman–Crippen LogP) is 3.30. The Balaban J connectivity index is 2.72. The Morgan fingerprint density at radius 1 is 1.67 bits per heavy atom. The molecule has 0 spiro atoms. The van der Waals surface area contributed by atoms with Gasteiger partial charge in [-0.25, -0.2) is 0 Å². The molecule has 1 aliphatic rings. The van der Waals surface area contributed by atoms with Crippen molar-refractivity contribution in [2.45, 2.75) is 37.3 Å². The third-order valence-corrected chi connectivity index (χ3v) is 5.60. The molecule has 2 atom stereocenters. The van der Waals surface area contributed by atoms with Crippen molar-refractivity contribution in [3.8, 4) is 0 Å². The van der Waals surface area contributed by atoms with Gasteiger partial charge < -0.3 is 4.55 Å². The fourth-order valence-corrected chi connectivity index (χ4v) is 3.43. The van der Waals surface area contributed by atoms with Crippen LogP contribution in [0, 0.1) is 0 Å². The molecule has 1 rings (SSSR count). The summed E-state index contributed by atoms with van der Waals surface area (Å²) in [6, 6.07) is 0. The molecule has 1 aliphatic heterocycles. The van der Waals surface area contributed by atoms with Crippen LogP contribution in [-0.4, -0.2) is 25.6 Å². The third kappa shape index (κ3) is 4.13. The molecule has 0 aromatic heterocycles. The zero-order valence-corrected chi connectivity index (χ0v) is 12.6. The maximum Gasteiger partial charge on any atom is 0.144 e. The van der Waals surface area contributed by atoms with E-state index >= 15 is 0 Å². The standard InChI is InChI=1S/C10H16BrNOS2/c1-7(9-5-8(11)6-14-9)12-15(13)10(2,3)4/h5,8H,6H2,1-4H3. The molecule has 0 saturated heterocycles. The number of halogens is 1. The minimum Gasteiger partial charge on any atom is -0.591 e. The van der Waals surface area contributed by atoms with Crippen molar-refractivity contribution in [3.63, 3.8) is 0 Å². The van der Waals surface area contributed by atoms with Gasteiger partial charge in [-0.1, -0.05) is 26.4 Å². The van der Waals surface area contributed by atoms with Crippen LogP contribution in [0.25, 0.3) is 0 Å². The molecule has 0 aromatic rings. The summed E-state index contributed by atoms with van der Waals surface area (Å²) in [7, 11) is 0. The monoisotopic (exact) mass is 309 g/mol. The molecule has 15 heavy (non-hydrogen) atoms. The van der Waals surface area contributed by atoms with E-state index in [0.717, 1.165) is 16.4 Å². The second-order valence-corrected chi connectivity index (χ2v) is 8.54. The van der Waals surface area contributed by atoms with Crippen LogP contribution in [0.4, 0.5) is 0 Å². The molecule has 2 nitrogen and oxygen atoms in total. The third-order valence-electron chi connectivity index (χ3n) is 1.83. The second-order valence-electron chi connectivity index (χ2n) is 4.40. The summed E-state index contributed by atoms with van der Waals surface area (Å²) in [4.78, 5) is 1.57. The highest BCUT2D eigenvalue weighted by Gasteiger charge is 2.27. The summed E-state index contributed by atoms with van der Waals surface area (Å²) >= 11 is 4.13. The van der Waals surface area contributed by atoms with Crippen molar-refractivity contribution in [2.75, 3.05) is 5.75 Å². The first kappa shape index (κ1) is 13.6. The Morgan fingerprint density at radius 2 is 2.27 bits per heavy atom. The van der Waals surface area contributed by atoms with Gasteiger partial charge in [-0.3, -0.25) is 0 Å². The first-order valence-corrected chi connectivity index (χ1v) is 7.78. The van der Waals surface area contributed by atoms with Gasteiger partial charge in [0.15, 0.2) is 0 Å². The van der Waals surface area contributed by atoms with Crippen LogP contribution >= 0.6 is 27.7 Å². The molecule has 2 unspecified atom stereocenters. The Kier molecular flexibility index (Phi) is 4.77. The minimum absolute atomic E-state index is 0.279. The van der Waals surface area contributed by atoms with Gasteiger partial charge in [-0.05, 0) is 27.7 Å². The molecule has 0 bridgehead atoms. The van der Waals surface area contributed by atoms with Crippen molar-refractivity contribution in [1.82, 2.24) is 0 Å². The average molecular weight is 310 g/mol. The van der Waals surface area contributed by atoms with E-state index < -0.39 is 11.4 Å². The molecule has 0 saturated carbocycles. The number of thioether (sulfide) groups is 1. The molecule has 0 N–H and O–H groups in total. The maximum atomic E-state index is 11.8. The maximum absolute atomic E-state index is 11.8. The summed E-state index contributed by atoms with van der Waals surface area (Å²) in [5.41, 5.74) is 0.884. The number of rotatable bonds is 2. The molecule has 0 amide bonds. The van der Waals surface area contributed by atoms with Crippen molar-refractivity contribution in [2.24, 2.45) is 4.40 Å². The van der Waals surface area contributed by atoms with Gasteiger partial charge in [0.25, 0.3) is 0 Å².